The lowest BCUT2D eigenvalue weighted by Crippen LogP contribution is -2.16. The average Bonchev–Trinajstić information content (AvgIpc) is 2.91. The van der Waals surface area contributed by atoms with Crippen molar-refractivity contribution >= 4 is 0 Å². The minimum absolute atomic E-state index is 0.0892. The van der Waals surface area contributed by atoms with Crippen molar-refractivity contribution in [3.8, 4) is 17.6 Å². The van der Waals surface area contributed by atoms with Gasteiger partial charge in [-0.3, -0.25) is 0 Å². The maximum absolute atomic E-state index is 8.71. The van der Waals surface area contributed by atoms with Gasteiger partial charge in [-0.25, -0.2) is 0 Å². The van der Waals surface area contributed by atoms with E-state index in [-0.39, 0.29) is 12.7 Å². The van der Waals surface area contributed by atoms with E-state index in [9.17, 15) is 0 Å². The summed E-state index contributed by atoms with van der Waals surface area (Å²) in [5.74, 6) is 6.71. The Hall–Kier alpha value is -1.50. The van der Waals surface area contributed by atoms with Crippen LogP contribution in [0.25, 0.3) is 0 Å². The lowest BCUT2D eigenvalue weighted by Gasteiger charge is -2.12. The van der Waals surface area contributed by atoms with E-state index >= 15 is 0 Å². The van der Waals surface area contributed by atoms with Crippen molar-refractivity contribution in [2.45, 2.75) is 25.4 Å². The summed E-state index contributed by atoms with van der Waals surface area (Å²) in [5.41, 5.74) is 0.865. The smallest absolute Gasteiger partial charge is 0.135 e. The summed E-state index contributed by atoms with van der Waals surface area (Å²) in [7, 11) is 0. The molecule has 0 spiro atoms. The number of aliphatic hydroxyl groups is 1. The molecule has 1 aromatic carbocycles. The van der Waals surface area contributed by atoms with Crippen molar-refractivity contribution in [2.24, 2.45) is 0 Å². The van der Waals surface area contributed by atoms with Crippen LogP contribution in [0.3, 0.4) is 0 Å². The Morgan fingerprint density at radius 3 is 3.06 bits per heavy atom. The second kappa shape index (κ2) is 7.05. The summed E-state index contributed by atoms with van der Waals surface area (Å²) in [6.45, 7) is 1.51. The summed E-state index contributed by atoms with van der Waals surface area (Å²) in [6.07, 6.45) is 2.88. The summed E-state index contributed by atoms with van der Waals surface area (Å²) in [5, 5.41) is 8.71. The van der Waals surface area contributed by atoms with Gasteiger partial charge in [-0.15, -0.1) is 0 Å². The number of ether oxygens (including phenoxy) is 2. The van der Waals surface area contributed by atoms with Gasteiger partial charge in [0, 0.05) is 13.0 Å². The first kappa shape index (κ1) is 12.9. The van der Waals surface area contributed by atoms with Crippen LogP contribution in [-0.4, -0.2) is 31.0 Å². The Bertz CT molecular complexity index is 425. The zero-order valence-electron chi connectivity index (χ0n) is 10.4. The van der Waals surface area contributed by atoms with Crippen molar-refractivity contribution in [3.05, 3.63) is 29.8 Å². The number of rotatable bonds is 4. The molecule has 1 unspecified atom stereocenters. The molecule has 0 radical (unpaired) electrons. The van der Waals surface area contributed by atoms with Crippen LogP contribution in [0.2, 0.25) is 0 Å². The summed E-state index contributed by atoms with van der Waals surface area (Å²) < 4.78 is 11.3. The van der Waals surface area contributed by atoms with Gasteiger partial charge in [0.1, 0.15) is 12.4 Å². The molecule has 96 valence electrons. The van der Waals surface area contributed by atoms with Gasteiger partial charge in [-0.2, -0.15) is 0 Å². The molecule has 2 rings (SSSR count). The Morgan fingerprint density at radius 2 is 2.28 bits per heavy atom. The molecular weight excluding hydrogens is 228 g/mol. The highest BCUT2D eigenvalue weighted by atomic mass is 16.5. The van der Waals surface area contributed by atoms with Crippen LogP contribution in [0.15, 0.2) is 24.3 Å². The van der Waals surface area contributed by atoms with Gasteiger partial charge in [0.05, 0.1) is 18.3 Å². The largest absolute Gasteiger partial charge is 0.490 e. The predicted octanol–water partition coefficient (Wildman–Crippen LogP) is 1.98. The quantitative estimate of drug-likeness (QED) is 0.826. The molecule has 1 N–H and O–H groups in total. The van der Waals surface area contributed by atoms with Gasteiger partial charge in [0.15, 0.2) is 0 Å². The van der Waals surface area contributed by atoms with E-state index in [1.807, 2.05) is 24.3 Å². The van der Waals surface area contributed by atoms with Crippen LogP contribution in [0.4, 0.5) is 0 Å². The fourth-order valence-corrected chi connectivity index (χ4v) is 1.87. The third kappa shape index (κ3) is 3.76. The molecule has 1 atom stereocenters. The van der Waals surface area contributed by atoms with Gasteiger partial charge in [0.2, 0.25) is 0 Å². The van der Waals surface area contributed by atoms with Crippen molar-refractivity contribution in [1.29, 1.82) is 0 Å². The zero-order chi connectivity index (χ0) is 12.6. The van der Waals surface area contributed by atoms with E-state index in [0.29, 0.717) is 13.0 Å². The molecule has 1 saturated heterocycles. The van der Waals surface area contributed by atoms with Crippen molar-refractivity contribution < 1.29 is 14.6 Å². The zero-order valence-corrected chi connectivity index (χ0v) is 10.4. The van der Waals surface area contributed by atoms with E-state index in [1.54, 1.807) is 0 Å². The molecule has 1 aliphatic rings. The Balaban J connectivity index is 1.96. The molecule has 3 nitrogen and oxygen atoms in total. The fourth-order valence-electron chi connectivity index (χ4n) is 1.87. The minimum atomic E-state index is 0.0892. The van der Waals surface area contributed by atoms with Gasteiger partial charge >= 0.3 is 0 Å². The molecule has 1 heterocycles. The van der Waals surface area contributed by atoms with Gasteiger partial charge < -0.3 is 14.6 Å². The van der Waals surface area contributed by atoms with E-state index in [4.69, 9.17) is 14.6 Å². The molecule has 18 heavy (non-hydrogen) atoms. The summed E-state index contributed by atoms with van der Waals surface area (Å²) in [4.78, 5) is 0. The molecule has 1 aliphatic heterocycles. The summed E-state index contributed by atoms with van der Waals surface area (Å²) in [6, 6.07) is 7.71. The number of para-hydroxylation sites is 1. The second-order valence-corrected chi connectivity index (χ2v) is 4.22. The van der Waals surface area contributed by atoms with Crippen LogP contribution in [0.5, 0.6) is 5.75 Å². The average molecular weight is 246 g/mol. The van der Waals surface area contributed by atoms with E-state index in [1.165, 1.54) is 0 Å². The fraction of sp³-hybridized carbons (Fsp3) is 0.467. The molecule has 0 saturated carbocycles. The molecule has 3 heteroatoms. The lowest BCUT2D eigenvalue weighted by atomic mass is 10.2. The molecule has 0 bridgehead atoms. The van der Waals surface area contributed by atoms with Crippen LogP contribution in [0, 0.1) is 11.8 Å². The van der Waals surface area contributed by atoms with Gasteiger partial charge in [-0.1, -0.05) is 24.0 Å². The Kier molecular flexibility index (Phi) is 5.07. The second-order valence-electron chi connectivity index (χ2n) is 4.22. The molecule has 0 aromatic heterocycles. The number of benzene rings is 1. The highest BCUT2D eigenvalue weighted by Gasteiger charge is 2.16. The number of hydrogen-bond acceptors (Lipinski definition) is 3. The first-order valence-corrected chi connectivity index (χ1v) is 6.33. The van der Waals surface area contributed by atoms with E-state index in [2.05, 4.69) is 11.8 Å². The third-order valence-electron chi connectivity index (χ3n) is 2.80. The number of aliphatic hydroxyl groups excluding tert-OH is 1. The van der Waals surface area contributed by atoms with Gasteiger partial charge in [0.25, 0.3) is 0 Å². The standard InChI is InChI=1S/C15H18O3/c16-10-4-3-7-13-6-1-2-9-15(13)18-12-14-8-5-11-17-14/h1-2,6,9,14,16H,4-5,8,10-12H2. The monoisotopic (exact) mass is 246 g/mol. The van der Waals surface area contributed by atoms with Crippen LogP contribution < -0.4 is 4.74 Å². The minimum Gasteiger partial charge on any atom is -0.490 e. The highest BCUT2D eigenvalue weighted by Crippen LogP contribution is 2.19. The maximum Gasteiger partial charge on any atom is 0.135 e. The highest BCUT2D eigenvalue weighted by molar-refractivity contribution is 5.45. The van der Waals surface area contributed by atoms with Crippen LogP contribution in [0.1, 0.15) is 24.8 Å². The van der Waals surface area contributed by atoms with E-state index < -0.39 is 0 Å². The van der Waals surface area contributed by atoms with Crippen molar-refractivity contribution in [3.63, 3.8) is 0 Å². The maximum atomic E-state index is 8.71. The van der Waals surface area contributed by atoms with E-state index in [0.717, 1.165) is 30.8 Å². The normalized spacial score (nSPS) is 18.2. The SMILES string of the molecule is OCCC#Cc1ccccc1OCC1CCCO1. The lowest BCUT2D eigenvalue weighted by molar-refractivity contribution is 0.0678. The first-order valence-electron chi connectivity index (χ1n) is 6.33. The van der Waals surface area contributed by atoms with Gasteiger partial charge in [-0.05, 0) is 25.0 Å². The topological polar surface area (TPSA) is 38.7 Å². The summed E-state index contributed by atoms with van der Waals surface area (Å²) >= 11 is 0. The Morgan fingerprint density at radius 1 is 1.39 bits per heavy atom. The van der Waals surface area contributed by atoms with Crippen LogP contribution >= 0.6 is 0 Å². The first-order chi connectivity index (χ1) is 8.90. The molecule has 1 aromatic rings. The predicted molar refractivity (Wildman–Crippen MR) is 69.5 cm³/mol. The van der Waals surface area contributed by atoms with Crippen LogP contribution in [-0.2, 0) is 4.74 Å². The van der Waals surface area contributed by atoms with Crippen molar-refractivity contribution in [1.82, 2.24) is 0 Å². The third-order valence-corrected chi connectivity index (χ3v) is 2.80. The Labute approximate surface area is 108 Å². The molecule has 1 fully saturated rings. The molecular formula is C15H18O3. The number of hydrogen-bond donors (Lipinski definition) is 1. The molecule has 0 aliphatic carbocycles. The molecule has 0 amide bonds. The van der Waals surface area contributed by atoms with Crippen molar-refractivity contribution in [2.75, 3.05) is 19.8 Å².